The minimum Gasteiger partial charge on any atom is -0.445 e. The van der Waals surface area contributed by atoms with E-state index in [1.54, 1.807) is 11.0 Å². The van der Waals surface area contributed by atoms with Crippen LogP contribution in [-0.4, -0.2) is 41.3 Å². The third-order valence-corrected chi connectivity index (χ3v) is 4.34. The first-order valence-corrected chi connectivity index (χ1v) is 9.31. The maximum Gasteiger partial charge on any atom is 0.410 e. The summed E-state index contributed by atoms with van der Waals surface area (Å²) in [6.45, 7) is 10.5. The molecule has 2 amide bonds. The van der Waals surface area contributed by atoms with Crippen LogP contribution in [0.3, 0.4) is 0 Å². The van der Waals surface area contributed by atoms with Crippen LogP contribution in [0.25, 0.3) is 0 Å². The van der Waals surface area contributed by atoms with Crippen LogP contribution >= 0.6 is 0 Å². The summed E-state index contributed by atoms with van der Waals surface area (Å²) in [5, 5.41) is 2.97. The van der Waals surface area contributed by atoms with Crippen molar-refractivity contribution in [1.82, 2.24) is 10.2 Å². The van der Waals surface area contributed by atoms with Gasteiger partial charge in [0.1, 0.15) is 12.2 Å². The van der Waals surface area contributed by atoms with Crippen LogP contribution in [0.1, 0.15) is 45.6 Å². The highest BCUT2D eigenvalue weighted by Gasteiger charge is 2.39. The number of alkyl carbamates (subject to hydrolysis) is 1. The molecule has 1 aliphatic heterocycles. The molecule has 0 radical (unpaired) electrons. The summed E-state index contributed by atoms with van der Waals surface area (Å²) >= 11 is 0. The van der Waals surface area contributed by atoms with Crippen molar-refractivity contribution in [3.63, 3.8) is 0 Å². The van der Waals surface area contributed by atoms with Gasteiger partial charge in [-0.25, -0.2) is 9.59 Å². The van der Waals surface area contributed by atoms with Gasteiger partial charge in [0, 0.05) is 13.1 Å². The fourth-order valence-electron chi connectivity index (χ4n) is 3.21. The molecule has 27 heavy (non-hydrogen) atoms. The van der Waals surface area contributed by atoms with Gasteiger partial charge in [-0.3, -0.25) is 0 Å². The lowest BCUT2D eigenvalue weighted by Gasteiger charge is -2.42. The Hall–Kier alpha value is -2.50. The molecule has 1 atom stereocenters. The van der Waals surface area contributed by atoms with E-state index in [-0.39, 0.29) is 12.7 Å². The summed E-state index contributed by atoms with van der Waals surface area (Å²) in [6, 6.07) is 9.56. The van der Waals surface area contributed by atoms with E-state index in [0.717, 1.165) is 18.4 Å². The molecule has 1 aromatic carbocycles. The highest BCUT2D eigenvalue weighted by atomic mass is 16.6. The van der Waals surface area contributed by atoms with E-state index in [2.05, 4.69) is 11.9 Å². The van der Waals surface area contributed by atoms with E-state index in [4.69, 9.17) is 9.47 Å². The van der Waals surface area contributed by atoms with Crippen molar-refractivity contribution in [2.75, 3.05) is 13.1 Å². The third kappa shape index (κ3) is 6.62. The summed E-state index contributed by atoms with van der Waals surface area (Å²) in [7, 11) is 0. The number of rotatable bonds is 5. The van der Waals surface area contributed by atoms with Crippen molar-refractivity contribution in [2.45, 2.75) is 57.8 Å². The predicted molar refractivity (Wildman–Crippen MR) is 104 cm³/mol. The zero-order valence-electron chi connectivity index (χ0n) is 16.5. The molecule has 0 spiro atoms. The van der Waals surface area contributed by atoms with Gasteiger partial charge in [-0.15, -0.1) is 6.58 Å². The first-order chi connectivity index (χ1) is 12.7. The Bertz CT molecular complexity index is 654. The number of carbonyl (C=O) groups is 2. The van der Waals surface area contributed by atoms with Gasteiger partial charge in [-0.05, 0) is 45.6 Å². The average molecular weight is 374 g/mol. The lowest BCUT2D eigenvalue weighted by Crippen LogP contribution is -2.60. The smallest absolute Gasteiger partial charge is 0.410 e. The van der Waals surface area contributed by atoms with Gasteiger partial charge in [0.2, 0.25) is 0 Å². The second-order valence-electron chi connectivity index (χ2n) is 7.97. The van der Waals surface area contributed by atoms with Crippen LogP contribution in [-0.2, 0) is 16.1 Å². The molecule has 1 N–H and O–H groups in total. The standard InChI is InChI=1S/C21H30N2O4/c1-5-12-21(22-18(24)27-20(2,3)4)13-9-14-23(16-21)19(25)26-15-17-10-7-6-8-11-17/h5-8,10-11H,1,9,12-16H2,2-4H3,(H,22,24). The summed E-state index contributed by atoms with van der Waals surface area (Å²) in [5.74, 6) is 0. The number of nitrogens with one attached hydrogen (secondary N) is 1. The van der Waals surface area contributed by atoms with Crippen molar-refractivity contribution in [3.8, 4) is 0 Å². The van der Waals surface area contributed by atoms with Crippen molar-refractivity contribution in [2.24, 2.45) is 0 Å². The van der Waals surface area contributed by atoms with E-state index in [9.17, 15) is 9.59 Å². The number of nitrogens with zero attached hydrogens (tertiary/aromatic N) is 1. The molecule has 0 aromatic heterocycles. The third-order valence-electron chi connectivity index (χ3n) is 4.34. The fourth-order valence-corrected chi connectivity index (χ4v) is 3.21. The first kappa shape index (κ1) is 20.8. The Morgan fingerprint density at radius 1 is 1.30 bits per heavy atom. The van der Waals surface area contributed by atoms with Crippen LogP contribution in [0, 0.1) is 0 Å². The first-order valence-electron chi connectivity index (χ1n) is 9.31. The molecule has 0 aliphatic carbocycles. The number of piperidine rings is 1. The van der Waals surface area contributed by atoms with E-state index >= 15 is 0 Å². The monoisotopic (exact) mass is 374 g/mol. The number of carbonyl (C=O) groups excluding carboxylic acids is 2. The highest BCUT2D eigenvalue weighted by Crippen LogP contribution is 2.26. The van der Waals surface area contributed by atoms with Gasteiger partial charge in [0.15, 0.2) is 0 Å². The van der Waals surface area contributed by atoms with Gasteiger partial charge in [-0.1, -0.05) is 36.4 Å². The minimum atomic E-state index is -0.589. The van der Waals surface area contributed by atoms with Gasteiger partial charge in [0.25, 0.3) is 0 Å². The van der Waals surface area contributed by atoms with Crippen LogP contribution in [0.4, 0.5) is 9.59 Å². The van der Waals surface area contributed by atoms with Crippen molar-refractivity contribution >= 4 is 12.2 Å². The number of likely N-dealkylation sites (tertiary alicyclic amines) is 1. The number of hydrogen-bond acceptors (Lipinski definition) is 4. The minimum absolute atomic E-state index is 0.226. The normalized spacial score (nSPS) is 19.9. The molecule has 148 valence electrons. The van der Waals surface area contributed by atoms with E-state index < -0.39 is 17.2 Å². The number of hydrogen-bond donors (Lipinski definition) is 1. The maximum absolute atomic E-state index is 12.5. The maximum atomic E-state index is 12.5. The van der Waals surface area contributed by atoms with Gasteiger partial charge in [-0.2, -0.15) is 0 Å². The Morgan fingerprint density at radius 3 is 2.63 bits per heavy atom. The molecule has 2 rings (SSSR count). The Balaban J connectivity index is 1.99. The van der Waals surface area contributed by atoms with Gasteiger partial charge < -0.3 is 19.7 Å². The lowest BCUT2D eigenvalue weighted by atomic mass is 9.86. The largest absolute Gasteiger partial charge is 0.445 e. The van der Waals surface area contributed by atoms with Crippen LogP contribution < -0.4 is 5.32 Å². The zero-order chi connectivity index (χ0) is 19.9. The van der Waals surface area contributed by atoms with Crippen molar-refractivity contribution in [1.29, 1.82) is 0 Å². The Labute approximate surface area is 161 Å². The molecule has 6 heteroatoms. The van der Waals surface area contributed by atoms with E-state index in [1.807, 2.05) is 51.1 Å². The summed E-state index contributed by atoms with van der Waals surface area (Å²) in [4.78, 5) is 26.4. The van der Waals surface area contributed by atoms with E-state index in [0.29, 0.717) is 19.5 Å². The zero-order valence-corrected chi connectivity index (χ0v) is 16.5. The average Bonchev–Trinajstić information content (AvgIpc) is 2.59. The molecule has 1 saturated heterocycles. The highest BCUT2D eigenvalue weighted by molar-refractivity contribution is 5.70. The molecule has 1 unspecified atom stereocenters. The second-order valence-corrected chi connectivity index (χ2v) is 7.97. The number of ether oxygens (including phenoxy) is 2. The molecule has 1 aromatic rings. The molecule has 0 bridgehead atoms. The van der Waals surface area contributed by atoms with Gasteiger partial charge in [0.05, 0.1) is 5.54 Å². The molecular formula is C21H30N2O4. The van der Waals surface area contributed by atoms with Crippen LogP contribution in [0.15, 0.2) is 43.0 Å². The molecule has 0 saturated carbocycles. The Morgan fingerprint density at radius 2 is 2.00 bits per heavy atom. The topological polar surface area (TPSA) is 67.9 Å². The number of benzene rings is 1. The lowest BCUT2D eigenvalue weighted by molar-refractivity contribution is 0.0327. The molecule has 1 aliphatic rings. The number of amides is 2. The Kier molecular flexibility index (Phi) is 6.88. The van der Waals surface area contributed by atoms with Crippen LogP contribution in [0.2, 0.25) is 0 Å². The summed E-state index contributed by atoms with van der Waals surface area (Å²) in [6.07, 6.45) is 2.97. The molecular weight excluding hydrogens is 344 g/mol. The quantitative estimate of drug-likeness (QED) is 0.782. The summed E-state index contributed by atoms with van der Waals surface area (Å²) < 4.78 is 10.8. The summed E-state index contributed by atoms with van der Waals surface area (Å²) in [5.41, 5.74) is -0.233. The second kappa shape index (κ2) is 8.93. The fraction of sp³-hybridized carbons (Fsp3) is 0.524. The SMILES string of the molecule is C=CCC1(NC(=O)OC(C)(C)C)CCCN(C(=O)OCc2ccccc2)C1. The molecule has 1 heterocycles. The molecule has 6 nitrogen and oxygen atoms in total. The van der Waals surface area contributed by atoms with Crippen LogP contribution in [0.5, 0.6) is 0 Å². The van der Waals surface area contributed by atoms with Crippen molar-refractivity contribution < 1.29 is 19.1 Å². The predicted octanol–water partition coefficient (Wildman–Crippen LogP) is 4.26. The van der Waals surface area contributed by atoms with Gasteiger partial charge >= 0.3 is 12.2 Å². The molecule has 1 fully saturated rings. The van der Waals surface area contributed by atoms with E-state index in [1.165, 1.54) is 0 Å². The van der Waals surface area contributed by atoms with Crippen molar-refractivity contribution in [3.05, 3.63) is 48.6 Å².